The van der Waals surface area contributed by atoms with Gasteiger partial charge in [0, 0.05) is 38.7 Å². The maximum Gasteiger partial charge on any atom is 0.230 e. The second-order valence-corrected chi connectivity index (χ2v) is 5.99. The first kappa shape index (κ1) is 17.2. The third-order valence-electron chi connectivity index (χ3n) is 4.14. The van der Waals surface area contributed by atoms with E-state index >= 15 is 0 Å². The minimum atomic E-state index is -0.361. The lowest BCUT2D eigenvalue weighted by Crippen LogP contribution is -2.50. The molecule has 0 radical (unpaired) electrons. The fraction of sp³-hybridized carbons (Fsp3) is 0.412. The van der Waals surface area contributed by atoms with Crippen LogP contribution in [0.3, 0.4) is 0 Å². The smallest absolute Gasteiger partial charge is 0.230 e. The summed E-state index contributed by atoms with van der Waals surface area (Å²) in [5, 5.41) is 3.73. The minimum absolute atomic E-state index is 0.0506. The average Bonchev–Trinajstić information content (AvgIpc) is 3.01. The van der Waals surface area contributed by atoms with Gasteiger partial charge in [-0.2, -0.15) is 4.98 Å². The van der Waals surface area contributed by atoms with Crippen molar-refractivity contribution in [2.75, 3.05) is 32.7 Å². The molecule has 0 spiro atoms. The van der Waals surface area contributed by atoms with Crippen LogP contribution in [0.2, 0.25) is 0 Å². The Kier molecular flexibility index (Phi) is 5.18. The lowest BCUT2D eigenvalue weighted by atomic mass is 10.1. The van der Waals surface area contributed by atoms with Gasteiger partial charge < -0.3 is 9.42 Å². The number of carbonyl (C=O) groups excluding carboxylic acids is 2. The highest BCUT2D eigenvalue weighted by molar-refractivity contribution is 5.97. The number of halogens is 1. The number of Topliss-reactive ketones (excluding diaryl/α,β-unsaturated/α-hetero) is 1. The zero-order valence-corrected chi connectivity index (χ0v) is 13.9. The van der Waals surface area contributed by atoms with E-state index in [1.54, 1.807) is 11.8 Å². The molecule has 1 aromatic heterocycles. The average molecular weight is 346 g/mol. The molecule has 7 nitrogen and oxygen atoms in total. The van der Waals surface area contributed by atoms with Gasteiger partial charge in [-0.1, -0.05) is 5.16 Å². The largest absolute Gasteiger partial charge is 0.340 e. The normalized spacial score (nSPS) is 15.4. The van der Waals surface area contributed by atoms with Crippen molar-refractivity contribution in [3.05, 3.63) is 47.4 Å². The predicted octanol–water partition coefficient (Wildman–Crippen LogP) is 1.09. The van der Waals surface area contributed by atoms with Crippen molar-refractivity contribution in [3.8, 4) is 0 Å². The van der Waals surface area contributed by atoms with Gasteiger partial charge in [-0.15, -0.1) is 0 Å². The van der Waals surface area contributed by atoms with Crippen molar-refractivity contribution in [1.29, 1.82) is 0 Å². The molecule has 2 heterocycles. The first-order chi connectivity index (χ1) is 12.0. The zero-order chi connectivity index (χ0) is 17.8. The van der Waals surface area contributed by atoms with Crippen LogP contribution in [0.15, 0.2) is 28.8 Å². The van der Waals surface area contributed by atoms with Crippen molar-refractivity contribution in [2.45, 2.75) is 13.3 Å². The van der Waals surface area contributed by atoms with E-state index in [9.17, 15) is 14.0 Å². The topological polar surface area (TPSA) is 79.5 Å². The summed E-state index contributed by atoms with van der Waals surface area (Å²) in [6.07, 6.45) is 0.117. The number of ketones is 1. The number of nitrogens with zero attached hydrogens (tertiary/aromatic N) is 4. The van der Waals surface area contributed by atoms with Crippen molar-refractivity contribution in [2.24, 2.45) is 0 Å². The van der Waals surface area contributed by atoms with Crippen LogP contribution in [-0.2, 0) is 11.2 Å². The Bertz CT molecular complexity index is 752. The van der Waals surface area contributed by atoms with E-state index < -0.39 is 0 Å². The monoisotopic (exact) mass is 346 g/mol. The molecule has 8 heteroatoms. The summed E-state index contributed by atoms with van der Waals surface area (Å²) in [6, 6.07) is 5.54. The highest BCUT2D eigenvalue weighted by Gasteiger charge is 2.23. The van der Waals surface area contributed by atoms with Gasteiger partial charge >= 0.3 is 0 Å². The molecule has 0 bridgehead atoms. The summed E-state index contributed by atoms with van der Waals surface area (Å²) in [5.41, 5.74) is 0.493. The van der Waals surface area contributed by atoms with Crippen LogP contribution in [-0.4, -0.2) is 64.4 Å². The van der Waals surface area contributed by atoms with Crippen LogP contribution in [0.4, 0.5) is 4.39 Å². The Morgan fingerprint density at radius 2 is 1.84 bits per heavy atom. The molecule has 1 aromatic carbocycles. The van der Waals surface area contributed by atoms with Gasteiger partial charge in [0.25, 0.3) is 0 Å². The number of amides is 1. The van der Waals surface area contributed by atoms with E-state index in [0.29, 0.717) is 43.5 Å². The first-order valence-electron chi connectivity index (χ1n) is 8.09. The Morgan fingerprint density at radius 1 is 1.16 bits per heavy atom. The summed E-state index contributed by atoms with van der Waals surface area (Å²) in [7, 11) is 0. The third kappa shape index (κ3) is 4.48. The molecule has 1 aliphatic rings. The molecule has 1 amide bonds. The van der Waals surface area contributed by atoms with Gasteiger partial charge in [-0.3, -0.25) is 14.5 Å². The molecule has 2 aromatic rings. The van der Waals surface area contributed by atoms with E-state index in [4.69, 9.17) is 4.52 Å². The van der Waals surface area contributed by atoms with Gasteiger partial charge in [0.1, 0.15) is 5.82 Å². The Hall–Kier alpha value is -2.61. The Morgan fingerprint density at radius 3 is 2.44 bits per heavy atom. The molecule has 0 aliphatic carbocycles. The summed E-state index contributed by atoms with van der Waals surface area (Å²) < 4.78 is 17.8. The summed E-state index contributed by atoms with van der Waals surface area (Å²) in [5.74, 6) is 0.358. The standard InChI is InChI=1S/C17H19FN4O3/c1-12-19-16(20-25-12)10-17(24)22-8-6-21(7-9-22)11-15(23)13-2-4-14(18)5-3-13/h2-5H,6-11H2,1H3. The molecule has 1 saturated heterocycles. The SMILES string of the molecule is Cc1nc(CC(=O)N2CCN(CC(=O)c3ccc(F)cc3)CC2)no1. The molecule has 0 saturated carbocycles. The van der Waals surface area contributed by atoms with E-state index in [2.05, 4.69) is 10.1 Å². The van der Waals surface area contributed by atoms with E-state index in [1.165, 1.54) is 24.3 Å². The van der Waals surface area contributed by atoms with Crippen LogP contribution < -0.4 is 0 Å². The van der Waals surface area contributed by atoms with Crippen LogP contribution in [0.5, 0.6) is 0 Å². The molecule has 1 aliphatic heterocycles. The molecule has 0 N–H and O–H groups in total. The number of piperazine rings is 1. The molecule has 0 atom stereocenters. The van der Waals surface area contributed by atoms with Crippen molar-refractivity contribution in [3.63, 3.8) is 0 Å². The van der Waals surface area contributed by atoms with Gasteiger partial charge in [-0.25, -0.2) is 4.39 Å². The van der Waals surface area contributed by atoms with Crippen LogP contribution in [0.25, 0.3) is 0 Å². The lowest BCUT2D eigenvalue weighted by Gasteiger charge is -2.34. The van der Waals surface area contributed by atoms with Gasteiger partial charge in [-0.05, 0) is 24.3 Å². The van der Waals surface area contributed by atoms with Gasteiger partial charge in [0.05, 0.1) is 13.0 Å². The molecule has 132 valence electrons. The zero-order valence-electron chi connectivity index (χ0n) is 13.9. The van der Waals surface area contributed by atoms with Gasteiger partial charge in [0.2, 0.25) is 11.8 Å². The third-order valence-corrected chi connectivity index (χ3v) is 4.14. The number of hydrogen-bond acceptors (Lipinski definition) is 6. The maximum atomic E-state index is 12.9. The summed E-state index contributed by atoms with van der Waals surface area (Å²) in [6.45, 7) is 4.27. The quantitative estimate of drug-likeness (QED) is 0.754. The first-order valence-corrected chi connectivity index (χ1v) is 8.09. The van der Waals surface area contributed by atoms with Crippen molar-refractivity contribution >= 4 is 11.7 Å². The Balaban J connectivity index is 1.47. The molecular weight excluding hydrogens is 327 g/mol. The van der Waals surface area contributed by atoms with Crippen LogP contribution in [0.1, 0.15) is 22.1 Å². The fourth-order valence-corrected chi connectivity index (χ4v) is 2.75. The molecule has 1 fully saturated rings. The highest BCUT2D eigenvalue weighted by Crippen LogP contribution is 2.09. The molecule has 0 unspecified atom stereocenters. The van der Waals surface area contributed by atoms with Crippen molar-refractivity contribution < 1.29 is 18.5 Å². The van der Waals surface area contributed by atoms with Crippen molar-refractivity contribution in [1.82, 2.24) is 19.9 Å². The van der Waals surface area contributed by atoms with Crippen LogP contribution in [0, 0.1) is 12.7 Å². The molecular formula is C17H19FN4O3. The summed E-state index contributed by atoms with van der Waals surface area (Å²) >= 11 is 0. The number of rotatable bonds is 5. The Labute approximate surface area is 144 Å². The maximum absolute atomic E-state index is 12.9. The number of hydrogen-bond donors (Lipinski definition) is 0. The van der Waals surface area contributed by atoms with Gasteiger partial charge in [0.15, 0.2) is 11.6 Å². The predicted molar refractivity (Wildman–Crippen MR) is 86.5 cm³/mol. The van der Waals surface area contributed by atoms with E-state index in [-0.39, 0.29) is 30.5 Å². The highest BCUT2D eigenvalue weighted by atomic mass is 19.1. The number of benzene rings is 1. The number of aryl methyl sites for hydroxylation is 1. The van der Waals surface area contributed by atoms with Crippen LogP contribution >= 0.6 is 0 Å². The number of carbonyl (C=O) groups is 2. The van der Waals surface area contributed by atoms with E-state index in [0.717, 1.165) is 0 Å². The second-order valence-electron chi connectivity index (χ2n) is 5.99. The molecule has 25 heavy (non-hydrogen) atoms. The number of aromatic nitrogens is 2. The lowest BCUT2D eigenvalue weighted by molar-refractivity contribution is -0.132. The summed E-state index contributed by atoms with van der Waals surface area (Å²) in [4.78, 5) is 32.2. The fourth-order valence-electron chi connectivity index (χ4n) is 2.75. The van der Waals surface area contributed by atoms with E-state index in [1.807, 2.05) is 4.90 Å². The minimum Gasteiger partial charge on any atom is -0.340 e. The second kappa shape index (κ2) is 7.52. The molecule has 3 rings (SSSR count).